The van der Waals surface area contributed by atoms with E-state index in [0.29, 0.717) is 43.0 Å². The van der Waals surface area contributed by atoms with Crippen molar-refractivity contribution in [2.75, 3.05) is 0 Å². The summed E-state index contributed by atoms with van der Waals surface area (Å²) in [6, 6.07) is 10.5. The maximum absolute atomic E-state index is 13.4. The first-order valence-corrected chi connectivity index (χ1v) is 12.7. The van der Waals surface area contributed by atoms with Crippen molar-refractivity contribution in [3.63, 3.8) is 0 Å². The van der Waals surface area contributed by atoms with Crippen LogP contribution in [0.4, 0.5) is 26.3 Å². The molecule has 3 heterocycles. The number of nitrogens with zero attached hydrogens (tertiary/aromatic N) is 2. The number of ether oxygens (including phenoxy) is 1. The van der Waals surface area contributed by atoms with Gasteiger partial charge in [-0.25, -0.2) is 4.98 Å². The minimum atomic E-state index is -4.95. The first-order valence-electron chi connectivity index (χ1n) is 12.7. The third-order valence-corrected chi connectivity index (χ3v) is 7.55. The van der Waals surface area contributed by atoms with Crippen LogP contribution < -0.4 is 10.6 Å². The Hall–Kier alpha value is -3.45. The van der Waals surface area contributed by atoms with E-state index in [2.05, 4.69) is 25.8 Å². The van der Waals surface area contributed by atoms with Gasteiger partial charge in [0.2, 0.25) is 5.91 Å². The normalized spacial score (nSPS) is 24.7. The van der Waals surface area contributed by atoms with Crippen LogP contribution in [-0.4, -0.2) is 33.2 Å². The fourth-order valence-electron chi connectivity index (χ4n) is 5.74. The van der Waals surface area contributed by atoms with Crippen LogP contribution in [0.1, 0.15) is 53.2 Å². The predicted octanol–water partition coefficient (Wildman–Crippen LogP) is 5.02. The Morgan fingerprint density at radius 2 is 1.73 bits per heavy atom. The number of fused-ring (bicyclic) bond motifs is 2. The number of H-pyrrole nitrogens is 1. The number of nitrogens with one attached hydrogen (secondary N) is 3. The number of rotatable bonds is 7. The lowest BCUT2D eigenvalue weighted by molar-refractivity contribution is -0.143. The number of halogens is 6. The molecule has 214 valence electrons. The van der Waals surface area contributed by atoms with Gasteiger partial charge in [0.05, 0.1) is 41.8 Å². The van der Waals surface area contributed by atoms with Gasteiger partial charge in [-0.15, -0.1) is 0 Å². The average molecular weight is 568 g/mol. The van der Waals surface area contributed by atoms with Gasteiger partial charge in [-0.1, -0.05) is 30.3 Å². The van der Waals surface area contributed by atoms with Crippen molar-refractivity contribution >= 4 is 5.91 Å². The zero-order valence-electron chi connectivity index (χ0n) is 21.4. The Balaban J connectivity index is 1.38. The fraction of sp³-hybridized carbons (Fsp3) is 0.444. The van der Waals surface area contributed by atoms with E-state index in [9.17, 15) is 31.1 Å². The molecule has 4 atom stereocenters. The number of alkyl halides is 6. The highest BCUT2D eigenvalue weighted by molar-refractivity contribution is 5.80. The van der Waals surface area contributed by atoms with Gasteiger partial charge in [0.1, 0.15) is 5.82 Å². The van der Waals surface area contributed by atoms with E-state index in [0.717, 1.165) is 5.56 Å². The number of aromatic nitrogens is 3. The summed E-state index contributed by atoms with van der Waals surface area (Å²) in [6.45, 7) is 1.43. The van der Waals surface area contributed by atoms with Crippen molar-refractivity contribution in [3.05, 3.63) is 82.4 Å². The molecule has 1 amide bonds. The highest BCUT2D eigenvalue weighted by Crippen LogP contribution is 2.48. The number of carbonyl (C=O) groups is 1. The number of aromatic amines is 1. The van der Waals surface area contributed by atoms with E-state index < -0.39 is 47.6 Å². The van der Waals surface area contributed by atoms with E-state index in [-0.39, 0.29) is 30.1 Å². The second kappa shape index (κ2) is 10.5. The zero-order chi connectivity index (χ0) is 28.7. The van der Waals surface area contributed by atoms with Crippen molar-refractivity contribution in [2.24, 2.45) is 5.92 Å². The third-order valence-electron chi connectivity index (χ3n) is 7.55. The van der Waals surface area contributed by atoms with Crippen LogP contribution in [0.15, 0.2) is 48.5 Å². The smallest absolute Gasteiger partial charge is 0.371 e. The molecule has 2 aromatic carbocycles. The standard InChI is InChI=1S/C27H27F6N5O2/c1-15-35-23(38-37-15)13-34-24(39)20-12-25(17-5-3-2-4-6-17)22(8-7-21(20)36-25)40-14-16-9-18(26(28,29)30)11-19(10-16)27(31,32)33/h2-6,9-11,20-22,36H,7-8,12-14H2,1H3,(H,34,39)(H,35,37,38). The SMILES string of the molecule is Cc1nc(CNC(=O)C2CC3(c4ccccc4)NC2CCC3OCc2cc(C(F)(F)F)cc(C(F)(F)F)c2)n[nH]1. The van der Waals surface area contributed by atoms with Crippen molar-refractivity contribution in [1.82, 2.24) is 25.8 Å². The van der Waals surface area contributed by atoms with Gasteiger partial charge in [0, 0.05) is 6.04 Å². The highest BCUT2D eigenvalue weighted by atomic mass is 19.4. The first-order chi connectivity index (χ1) is 18.8. The van der Waals surface area contributed by atoms with E-state index in [4.69, 9.17) is 4.74 Å². The molecule has 1 aromatic heterocycles. The molecule has 4 unspecified atom stereocenters. The van der Waals surface area contributed by atoms with Crippen LogP contribution in [0.2, 0.25) is 0 Å². The molecule has 3 N–H and O–H groups in total. The van der Waals surface area contributed by atoms with Gasteiger partial charge in [-0.2, -0.15) is 31.4 Å². The number of benzene rings is 2. The van der Waals surface area contributed by atoms with Gasteiger partial charge in [0.25, 0.3) is 0 Å². The van der Waals surface area contributed by atoms with E-state index in [1.54, 1.807) is 6.92 Å². The molecule has 0 radical (unpaired) electrons. The lowest BCUT2D eigenvalue weighted by atomic mass is 9.80. The van der Waals surface area contributed by atoms with Crippen LogP contribution in [0, 0.1) is 12.8 Å². The van der Waals surface area contributed by atoms with Crippen LogP contribution in [0.5, 0.6) is 0 Å². The van der Waals surface area contributed by atoms with Gasteiger partial charge in [-0.3, -0.25) is 9.89 Å². The number of aryl methyl sites for hydroxylation is 1. The summed E-state index contributed by atoms with van der Waals surface area (Å²) in [5, 5.41) is 13.1. The molecule has 2 aliphatic heterocycles. The molecule has 2 saturated heterocycles. The average Bonchev–Trinajstić information content (AvgIpc) is 3.47. The molecule has 0 spiro atoms. The number of hydrogen-bond acceptors (Lipinski definition) is 5. The third kappa shape index (κ3) is 5.71. The van der Waals surface area contributed by atoms with E-state index >= 15 is 0 Å². The van der Waals surface area contributed by atoms with Crippen molar-refractivity contribution in [3.8, 4) is 0 Å². The summed E-state index contributed by atoms with van der Waals surface area (Å²) in [5.74, 6) is 0.414. The lowest BCUT2D eigenvalue weighted by Gasteiger charge is -2.42. The molecule has 7 nitrogen and oxygen atoms in total. The molecule has 2 bridgehead atoms. The van der Waals surface area contributed by atoms with Crippen molar-refractivity contribution in [2.45, 2.75) is 69.4 Å². The Labute approximate surface area is 225 Å². The largest absolute Gasteiger partial charge is 0.416 e. The monoisotopic (exact) mass is 567 g/mol. The summed E-state index contributed by atoms with van der Waals surface area (Å²) in [6.07, 6.45) is -9.17. The molecule has 40 heavy (non-hydrogen) atoms. The molecular weight excluding hydrogens is 540 g/mol. The number of hydrogen-bond donors (Lipinski definition) is 3. The maximum atomic E-state index is 13.4. The zero-order valence-corrected chi connectivity index (χ0v) is 21.4. The first kappa shape index (κ1) is 28.1. The van der Waals surface area contributed by atoms with Crippen LogP contribution in [0.25, 0.3) is 0 Å². The van der Waals surface area contributed by atoms with Crippen LogP contribution >= 0.6 is 0 Å². The molecular formula is C27H27F6N5O2. The van der Waals surface area contributed by atoms with E-state index in [1.165, 1.54) is 0 Å². The Kier molecular flexibility index (Phi) is 7.38. The van der Waals surface area contributed by atoms with Gasteiger partial charge in [0.15, 0.2) is 5.82 Å². The molecule has 5 rings (SSSR count). The molecule has 13 heteroatoms. The number of piperidine rings is 1. The Bertz CT molecular complexity index is 1330. The second-order valence-corrected chi connectivity index (χ2v) is 10.2. The summed E-state index contributed by atoms with van der Waals surface area (Å²) in [4.78, 5) is 17.4. The minimum absolute atomic E-state index is 0.0989. The van der Waals surface area contributed by atoms with Gasteiger partial charge < -0.3 is 15.4 Å². The summed E-state index contributed by atoms with van der Waals surface area (Å²) < 4.78 is 86.3. The summed E-state index contributed by atoms with van der Waals surface area (Å²) in [7, 11) is 0. The second-order valence-electron chi connectivity index (χ2n) is 10.2. The predicted molar refractivity (Wildman–Crippen MR) is 130 cm³/mol. The fourth-order valence-corrected chi connectivity index (χ4v) is 5.74. The quantitative estimate of drug-likeness (QED) is 0.349. The molecule has 3 aromatic rings. The molecule has 0 aliphatic carbocycles. The number of amides is 1. The highest BCUT2D eigenvalue weighted by Gasteiger charge is 2.56. The number of carbonyl (C=O) groups excluding carboxylic acids is 1. The van der Waals surface area contributed by atoms with E-state index in [1.807, 2.05) is 30.3 Å². The topological polar surface area (TPSA) is 91.9 Å². The molecule has 2 aliphatic rings. The van der Waals surface area contributed by atoms with Crippen LogP contribution in [0.3, 0.4) is 0 Å². The summed E-state index contributed by atoms with van der Waals surface area (Å²) >= 11 is 0. The Morgan fingerprint density at radius 1 is 1.05 bits per heavy atom. The van der Waals surface area contributed by atoms with Crippen molar-refractivity contribution < 1.29 is 35.9 Å². The Morgan fingerprint density at radius 3 is 2.33 bits per heavy atom. The van der Waals surface area contributed by atoms with Crippen LogP contribution in [-0.2, 0) is 40.6 Å². The van der Waals surface area contributed by atoms with Crippen molar-refractivity contribution in [1.29, 1.82) is 0 Å². The maximum Gasteiger partial charge on any atom is 0.416 e. The minimum Gasteiger partial charge on any atom is -0.371 e. The van der Waals surface area contributed by atoms with Gasteiger partial charge >= 0.3 is 12.4 Å². The van der Waals surface area contributed by atoms with Gasteiger partial charge in [-0.05, 0) is 55.5 Å². The molecule has 2 fully saturated rings. The molecule has 0 saturated carbocycles. The lowest BCUT2D eigenvalue weighted by Crippen LogP contribution is -2.54. The summed E-state index contributed by atoms with van der Waals surface area (Å²) in [5.41, 5.74) is -3.05.